The lowest BCUT2D eigenvalue weighted by Gasteiger charge is -2.18. The highest BCUT2D eigenvalue weighted by molar-refractivity contribution is 9.10. The van der Waals surface area contributed by atoms with Crippen LogP contribution >= 0.6 is 15.9 Å². The van der Waals surface area contributed by atoms with Crippen LogP contribution < -0.4 is 0 Å². The Balaban J connectivity index is 1.17. The Kier molecular flexibility index (Phi) is 6.97. The third-order valence-electron chi connectivity index (χ3n) is 10.0. The van der Waals surface area contributed by atoms with Crippen molar-refractivity contribution in [2.45, 2.75) is 0 Å². The molecule has 3 nitrogen and oxygen atoms in total. The number of halogens is 1. The minimum absolute atomic E-state index is 0.962. The Morgan fingerprint density at radius 1 is 0.392 bits per heavy atom. The van der Waals surface area contributed by atoms with Gasteiger partial charge in [0.15, 0.2) is 0 Å². The highest BCUT2D eigenvalue weighted by atomic mass is 79.9. The minimum atomic E-state index is 0.962. The fourth-order valence-corrected chi connectivity index (χ4v) is 8.22. The van der Waals surface area contributed by atoms with Gasteiger partial charge in [0.25, 0.3) is 0 Å². The van der Waals surface area contributed by atoms with Crippen LogP contribution in [0.15, 0.2) is 187 Å². The molecule has 10 aromatic rings. The van der Waals surface area contributed by atoms with Crippen molar-refractivity contribution in [2.75, 3.05) is 0 Å². The molecule has 51 heavy (non-hydrogen) atoms. The highest BCUT2D eigenvalue weighted by Crippen LogP contribution is 2.41. The van der Waals surface area contributed by atoms with Crippen LogP contribution in [0.1, 0.15) is 0 Å². The number of fused-ring (bicyclic) bond motifs is 6. The fourth-order valence-electron chi connectivity index (χ4n) is 7.82. The van der Waals surface area contributed by atoms with Crippen molar-refractivity contribution in [2.24, 2.45) is 0 Å². The maximum Gasteiger partial charge on any atom is 0.145 e. The second kappa shape index (κ2) is 12.0. The van der Waals surface area contributed by atoms with Crippen LogP contribution in [0.3, 0.4) is 0 Å². The highest BCUT2D eigenvalue weighted by Gasteiger charge is 2.18. The summed E-state index contributed by atoms with van der Waals surface area (Å²) in [5, 5.41) is 4.86. The molecule has 4 heteroatoms. The number of para-hydroxylation sites is 3. The van der Waals surface area contributed by atoms with E-state index in [1.165, 1.54) is 43.9 Å². The molecule has 0 bridgehead atoms. The van der Waals surface area contributed by atoms with Crippen molar-refractivity contribution in [1.82, 2.24) is 14.1 Å². The zero-order valence-corrected chi connectivity index (χ0v) is 29.1. The van der Waals surface area contributed by atoms with Crippen LogP contribution in [-0.2, 0) is 0 Å². The Labute approximate surface area is 303 Å². The van der Waals surface area contributed by atoms with E-state index in [4.69, 9.17) is 4.98 Å². The maximum atomic E-state index is 4.83. The van der Waals surface area contributed by atoms with Crippen LogP contribution in [0.2, 0.25) is 0 Å². The first-order chi connectivity index (χ1) is 25.2. The van der Waals surface area contributed by atoms with Gasteiger partial charge in [0.2, 0.25) is 0 Å². The number of benzene rings is 7. The molecule has 0 saturated carbocycles. The van der Waals surface area contributed by atoms with Crippen LogP contribution in [0, 0.1) is 0 Å². The lowest BCUT2D eigenvalue weighted by atomic mass is 9.91. The van der Waals surface area contributed by atoms with Gasteiger partial charge in [-0.05, 0) is 94.5 Å². The number of aromatic nitrogens is 3. The molecule has 0 N–H and O–H groups in total. The molecule has 0 saturated heterocycles. The van der Waals surface area contributed by atoms with Gasteiger partial charge in [-0.1, -0.05) is 125 Å². The first kappa shape index (κ1) is 29.7. The van der Waals surface area contributed by atoms with E-state index in [9.17, 15) is 0 Å². The summed E-state index contributed by atoms with van der Waals surface area (Å²) in [4.78, 5) is 4.83. The summed E-state index contributed by atoms with van der Waals surface area (Å²) in [6, 6.07) is 63.3. The lowest BCUT2D eigenvalue weighted by Crippen LogP contribution is -1.98. The third-order valence-corrected chi connectivity index (χ3v) is 10.5. The molecule has 3 aromatic heterocycles. The Hall–Kier alpha value is -6.23. The standard InChI is InChI=1S/C47H30BrN3/c48-34-14-9-12-31(28-34)42-30-33(25-26-46(42)51-44-23-7-3-18-38(44)39-19-4-8-24-45(39)51)37-17-2-1-16-36(37)32-13-10-15-35(29-32)50-43-22-6-5-20-40(43)41-21-11-27-49-47(41)50/h1-30H. The average Bonchev–Trinajstić information content (AvgIpc) is 3.71. The summed E-state index contributed by atoms with van der Waals surface area (Å²) < 4.78 is 5.75. The molecular formula is C47H30BrN3. The summed E-state index contributed by atoms with van der Waals surface area (Å²) in [7, 11) is 0. The molecule has 0 spiro atoms. The van der Waals surface area contributed by atoms with E-state index >= 15 is 0 Å². The second-order valence-electron chi connectivity index (χ2n) is 12.9. The zero-order valence-electron chi connectivity index (χ0n) is 27.5. The van der Waals surface area contributed by atoms with Crippen molar-refractivity contribution in [3.05, 3.63) is 187 Å². The van der Waals surface area contributed by atoms with Gasteiger partial charge >= 0.3 is 0 Å². The normalized spacial score (nSPS) is 11.6. The molecule has 3 heterocycles. The summed E-state index contributed by atoms with van der Waals surface area (Å²) in [5.41, 5.74) is 13.7. The zero-order chi connectivity index (χ0) is 33.9. The largest absolute Gasteiger partial charge is 0.309 e. The van der Waals surface area contributed by atoms with Crippen LogP contribution in [-0.4, -0.2) is 14.1 Å². The molecule has 0 aliphatic carbocycles. The van der Waals surface area contributed by atoms with Crippen molar-refractivity contribution < 1.29 is 0 Å². The quantitative estimate of drug-likeness (QED) is 0.174. The molecule has 240 valence electrons. The van der Waals surface area contributed by atoms with Crippen LogP contribution in [0.5, 0.6) is 0 Å². The molecular weight excluding hydrogens is 686 g/mol. The Bertz CT molecular complexity index is 2840. The number of pyridine rings is 1. The number of hydrogen-bond acceptors (Lipinski definition) is 1. The smallest absolute Gasteiger partial charge is 0.145 e. The fraction of sp³-hybridized carbons (Fsp3) is 0. The monoisotopic (exact) mass is 715 g/mol. The predicted molar refractivity (Wildman–Crippen MR) is 217 cm³/mol. The predicted octanol–water partition coefficient (Wildman–Crippen LogP) is 13.0. The van der Waals surface area contributed by atoms with Gasteiger partial charge < -0.3 is 4.57 Å². The third kappa shape index (κ3) is 4.83. The summed E-state index contributed by atoms with van der Waals surface area (Å²) in [6.45, 7) is 0. The van der Waals surface area contributed by atoms with Crippen molar-refractivity contribution in [3.63, 3.8) is 0 Å². The van der Waals surface area contributed by atoms with Crippen molar-refractivity contribution >= 4 is 59.7 Å². The lowest BCUT2D eigenvalue weighted by molar-refractivity contribution is 1.14. The molecule has 10 rings (SSSR count). The van der Waals surface area contributed by atoms with Gasteiger partial charge in [0, 0.05) is 43.5 Å². The van der Waals surface area contributed by atoms with E-state index in [1.54, 1.807) is 0 Å². The van der Waals surface area contributed by atoms with E-state index < -0.39 is 0 Å². The molecule has 0 unspecified atom stereocenters. The number of hydrogen-bond donors (Lipinski definition) is 0. The van der Waals surface area contributed by atoms with Gasteiger partial charge in [-0.15, -0.1) is 0 Å². The summed E-state index contributed by atoms with van der Waals surface area (Å²) >= 11 is 3.76. The number of nitrogens with zero attached hydrogens (tertiary/aromatic N) is 3. The van der Waals surface area contributed by atoms with Gasteiger partial charge in [-0.25, -0.2) is 4.98 Å². The molecule has 0 fully saturated rings. The van der Waals surface area contributed by atoms with Gasteiger partial charge in [0.1, 0.15) is 5.65 Å². The van der Waals surface area contributed by atoms with Crippen molar-refractivity contribution in [3.8, 4) is 44.8 Å². The van der Waals surface area contributed by atoms with Crippen molar-refractivity contribution in [1.29, 1.82) is 0 Å². The van der Waals surface area contributed by atoms with E-state index in [0.717, 1.165) is 49.1 Å². The van der Waals surface area contributed by atoms with E-state index in [1.807, 2.05) is 12.3 Å². The minimum Gasteiger partial charge on any atom is -0.309 e. The first-order valence-electron chi connectivity index (χ1n) is 17.2. The summed E-state index contributed by atoms with van der Waals surface area (Å²) in [6.07, 6.45) is 1.88. The first-order valence-corrected chi connectivity index (χ1v) is 18.0. The van der Waals surface area contributed by atoms with E-state index in [-0.39, 0.29) is 0 Å². The van der Waals surface area contributed by atoms with Gasteiger partial charge in [-0.3, -0.25) is 4.57 Å². The van der Waals surface area contributed by atoms with E-state index in [0.29, 0.717) is 0 Å². The second-order valence-corrected chi connectivity index (χ2v) is 13.9. The van der Waals surface area contributed by atoms with Gasteiger partial charge in [-0.2, -0.15) is 0 Å². The molecule has 7 aromatic carbocycles. The van der Waals surface area contributed by atoms with E-state index in [2.05, 4.69) is 195 Å². The SMILES string of the molecule is Brc1cccc(-c2cc(-c3ccccc3-c3cccc(-n4c5ccccc5c5cccnc54)c3)ccc2-n2c3ccccc3c3ccccc32)c1. The van der Waals surface area contributed by atoms with Gasteiger partial charge in [0.05, 0.1) is 22.2 Å². The van der Waals surface area contributed by atoms with Crippen LogP contribution in [0.4, 0.5) is 0 Å². The Morgan fingerprint density at radius 3 is 1.63 bits per heavy atom. The topological polar surface area (TPSA) is 22.8 Å². The molecule has 0 aliphatic rings. The molecule has 0 amide bonds. The van der Waals surface area contributed by atoms with Crippen LogP contribution in [0.25, 0.3) is 88.5 Å². The molecule has 0 aliphatic heterocycles. The number of rotatable bonds is 5. The average molecular weight is 717 g/mol. The Morgan fingerprint density at radius 2 is 0.941 bits per heavy atom. The maximum absolute atomic E-state index is 4.83. The summed E-state index contributed by atoms with van der Waals surface area (Å²) in [5.74, 6) is 0. The molecule has 0 atom stereocenters. The molecule has 0 radical (unpaired) electrons.